The van der Waals surface area contributed by atoms with Gasteiger partial charge in [-0.05, 0) is 18.1 Å². The predicted molar refractivity (Wildman–Crippen MR) is 86.4 cm³/mol. The fraction of sp³-hybridized carbons (Fsp3) is 0.400. The summed E-state index contributed by atoms with van der Waals surface area (Å²) in [5.41, 5.74) is 7.33. The maximum Gasteiger partial charge on any atom is 0.326 e. The largest absolute Gasteiger partial charge is 0.480 e. The summed E-state index contributed by atoms with van der Waals surface area (Å²) in [7, 11) is 1.49. The number of benzene rings is 1. The van der Waals surface area contributed by atoms with E-state index < -0.39 is 17.9 Å². The Morgan fingerprint density at radius 3 is 2.87 bits per heavy atom. The van der Waals surface area contributed by atoms with Crippen LogP contribution in [0.5, 0.6) is 0 Å². The Hall–Kier alpha value is -2.77. The molecule has 8 nitrogen and oxygen atoms in total. The van der Waals surface area contributed by atoms with Crippen LogP contribution in [-0.2, 0) is 9.59 Å². The van der Waals surface area contributed by atoms with Gasteiger partial charge in [0, 0.05) is 25.2 Å². The van der Waals surface area contributed by atoms with E-state index in [0.29, 0.717) is 13.0 Å². The molecule has 1 aliphatic heterocycles. The van der Waals surface area contributed by atoms with Crippen LogP contribution >= 0.6 is 0 Å². The van der Waals surface area contributed by atoms with E-state index in [4.69, 9.17) is 11.1 Å². The number of guanidine groups is 1. The molecule has 1 amide bonds. The summed E-state index contributed by atoms with van der Waals surface area (Å²) in [6.07, 6.45) is 0.300. The van der Waals surface area contributed by atoms with E-state index in [0.717, 1.165) is 11.3 Å². The Balaban J connectivity index is 1.99. The van der Waals surface area contributed by atoms with Gasteiger partial charge < -0.3 is 26.4 Å². The minimum atomic E-state index is -1.08. The average Bonchev–Trinajstić information content (AvgIpc) is 2.89. The van der Waals surface area contributed by atoms with Crippen molar-refractivity contribution >= 4 is 23.5 Å². The Morgan fingerprint density at radius 1 is 1.52 bits per heavy atom. The van der Waals surface area contributed by atoms with Gasteiger partial charge in [-0.25, -0.2) is 4.79 Å². The van der Waals surface area contributed by atoms with Crippen LogP contribution in [0.3, 0.4) is 0 Å². The van der Waals surface area contributed by atoms with Crippen LogP contribution in [0, 0.1) is 5.41 Å². The highest BCUT2D eigenvalue weighted by atomic mass is 16.4. The molecule has 0 aliphatic carbocycles. The van der Waals surface area contributed by atoms with Crippen LogP contribution in [0.15, 0.2) is 24.3 Å². The van der Waals surface area contributed by atoms with E-state index in [-0.39, 0.29) is 18.4 Å². The first-order chi connectivity index (χ1) is 10.9. The number of fused-ring (bicyclic) bond motifs is 1. The van der Waals surface area contributed by atoms with Crippen LogP contribution in [-0.4, -0.2) is 54.0 Å². The normalized spacial score (nSPS) is 16.8. The molecule has 8 heteroatoms. The van der Waals surface area contributed by atoms with E-state index in [1.54, 1.807) is 0 Å². The smallest absolute Gasteiger partial charge is 0.326 e. The van der Waals surface area contributed by atoms with Gasteiger partial charge in [0.15, 0.2) is 5.96 Å². The second-order valence-corrected chi connectivity index (χ2v) is 5.60. The van der Waals surface area contributed by atoms with Crippen molar-refractivity contribution in [2.75, 3.05) is 25.5 Å². The van der Waals surface area contributed by atoms with Gasteiger partial charge in [-0.3, -0.25) is 10.2 Å². The first-order valence-corrected chi connectivity index (χ1v) is 7.28. The predicted octanol–water partition coefficient (Wildman–Crippen LogP) is -0.0195. The lowest BCUT2D eigenvalue weighted by molar-refractivity contribution is -0.142. The number of carbonyl (C=O) groups excluding carboxylic acids is 1. The van der Waals surface area contributed by atoms with Crippen molar-refractivity contribution in [2.24, 2.45) is 5.73 Å². The van der Waals surface area contributed by atoms with E-state index >= 15 is 0 Å². The Labute approximate surface area is 134 Å². The number of carbonyl (C=O) groups is 2. The van der Waals surface area contributed by atoms with E-state index in [9.17, 15) is 14.7 Å². The van der Waals surface area contributed by atoms with Crippen molar-refractivity contribution in [3.63, 3.8) is 0 Å². The minimum absolute atomic E-state index is 0.0261. The van der Waals surface area contributed by atoms with Crippen molar-refractivity contribution in [1.29, 1.82) is 5.41 Å². The maximum atomic E-state index is 11.9. The molecule has 1 heterocycles. The van der Waals surface area contributed by atoms with Gasteiger partial charge in [-0.15, -0.1) is 0 Å². The topological polar surface area (TPSA) is 132 Å². The van der Waals surface area contributed by atoms with E-state index in [1.807, 2.05) is 24.3 Å². The zero-order valence-corrected chi connectivity index (χ0v) is 12.9. The fourth-order valence-corrected chi connectivity index (χ4v) is 2.61. The standard InChI is InChI=1S/C15H21N5O3/c1-20(15(16)17)8-13(21)19-12(14(22)23)6-9-7-18-11-5-3-2-4-10(9)11/h2-5,9,12,18H,6-8H2,1H3,(H3,16,17)(H,19,21)(H,22,23)/t9?,12-/m0/s1. The number of nitrogens with two attached hydrogens (primary N) is 1. The molecule has 2 rings (SSSR count). The maximum absolute atomic E-state index is 11.9. The van der Waals surface area contributed by atoms with Gasteiger partial charge in [0.05, 0.1) is 6.54 Å². The zero-order valence-electron chi connectivity index (χ0n) is 12.9. The molecule has 0 saturated heterocycles. The number of hydrogen-bond acceptors (Lipinski definition) is 4. The fourth-order valence-electron chi connectivity index (χ4n) is 2.61. The summed E-state index contributed by atoms with van der Waals surface area (Å²) in [6.45, 7) is 0.491. The SMILES string of the molecule is CN(CC(=O)N[C@@H](CC1CNc2ccccc21)C(=O)O)C(=N)N. The molecule has 1 aromatic carbocycles. The number of carboxylic acid groups (broad SMARTS) is 1. The number of likely N-dealkylation sites (N-methyl/N-ethyl adjacent to an activating group) is 1. The molecule has 23 heavy (non-hydrogen) atoms. The molecule has 0 radical (unpaired) electrons. The number of anilines is 1. The lowest BCUT2D eigenvalue weighted by atomic mass is 9.94. The zero-order chi connectivity index (χ0) is 17.0. The second kappa shape index (κ2) is 6.99. The first-order valence-electron chi connectivity index (χ1n) is 7.28. The number of rotatable bonds is 6. The molecule has 0 fully saturated rings. The molecular formula is C15H21N5O3. The van der Waals surface area contributed by atoms with Crippen LogP contribution in [0.25, 0.3) is 0 Å². The quantitative estimate of drug-likeness (QED) is 0.370. The number of carboxylic acids is 1. The number of nitrogens with one attached hydrogen (secondary N) is 3. The summed E-state index contributed by atoms with van der Waals surface area (Å²) in [4.78, 5) is 24.6. The summed E-state index contributed by atoms with van der Waals surface area (Å²) in [5.74, 6) is -1.78. The van der Waals surface area contributed by atoms with Gasteiger partial charge in [0.25, 0.3) is 0 Å². The summed E-state index contributed by atoms with van der Waals surface area (Å²) in [5, 5.41) is 22.3. The third-order valence-electron chi connectivity index (χ3n) is 3.89. The van der Waals surface area contributed by atoms with Crippen molar-refractivity contribution in [2.45, 2.75) is 18.4 Å². The number of hydrogen-bond donors (Lipinski definition) is 5. The third kappa shape index (κ3) is 4.12. The molecule has 1 aliphatic rings. The lowest BCUT2D eigenvalue weighted by Gasteiger charge is -2.21. The summed E-state index contributed by atoms with van der Waals surface area (Å²) >= 11 is 0. The first kappa shape index (κ1) is 16.6. The highest BCUT2D eigenvalue weighted by Crippen LogP contribution is 2.33. The molecule has 1 aromatic rings. The second-order valence-electron chi connectivity index (χ2n) is 5.60. The van der Waals surface area contributed by atoms with Gasteiger partial charge >= 0.3 is 5.97 Å². The number of nitrogens with zero attached hydrogens (tertiary/aromatic N) is 1. The van der Waals surface area contributed by atoms with Crippen molar-refractivity contribution < 1.29 is 14.7 Å². The average molecular weight is 319 g/mol. The Kier molecular flexibility index (Phi) is 5.05. The van der Waals surface area contributed by atoms with Gasteiger partial charge in [-0.2, -0.15) is 0 Å². The molecule has 0 spiro atoms. The molecule has 0 saturated carbocycles. The number of para-hydroxylation sites is 1. The molecule has 1 unspecified atom stereocenters. The summed E-state index contributed by atoms with van der Waals surface area (Å²) in [6, 6.07) is 6.76. The molecular weight excluding hydrogens is 298 g/mol. The van der Waals surface area contributed by atoms with Crippen LogP contribution in [0.1, 0.15) is 17.9 Å². The van der Waals surface area contributed by atoms with Gasteiger partial charge in [0.1, 0.15) is 6.04 Å². The molecule has 6 N–H and O–H groups in total. The van der Waals surface area contributed by atoms with Gasteiger partial charge in [-0.1, -0.05) is 18.2 Å². The van der Waals surface area contributed by atoms with E-state index in [2.05, 4.69) is 10.6 Å². The Bertz CT molecular complexity index is 619. The minimum Gasteiger partial charge on any atom is -0.480 e. The van der Waals surface area contributed by atoms with Crippen LogP contribution < -0.4 is 16.4 Å². The van der Waals surface area contributed by atoms with Crippen LogP contribution in [0.2, 0.25) is 0 Å². The van der Waals surface area contributed by atoms with E-state index in [1.165, 1.54) is 11.9 Å². The molecule has 0 aromatic heterocycles. The lowest BCUT2D eigenvalue weighted by Crippen LogP contribution is -2.47. The number of amides is 1. The van der Waals surface area contributed by atoms with Crippen molar-refractivity contribution in [1.82, 2.24) is 10.2 Å². The Morgan fingerprint density at radius 2 is 2.22 bits per heavy atom. The summed E-state index contributed by atoms with van der Waals surface area (Å²) < 4.78 is 0. The highest BCUT2D eigenvalue weighted by molar-refractivity contribution is 5.87. The number of aliphatic carboxylic acids is 1. The molecule has 124 valence electrons. The third-order valence-corrected chi connectivity index (χ3v) is 3.89. The monoisotopic (exact) mass is 319 g/mol. The van der Waals surface area contributed by atoms with Crippen LogP contribution in [0.4, 0.5) is 5.69 Å². The molecule has 0 bridgehead atoms. The highest BCUT2D eigenvalue weighted by Gasteiger charge is 2.29. The van der Waals surface area contributed by atoms with Crippen molar-refractivity contribution in [3.05, 3.63) is 29.8 Å². The van der Waals surface area contributed by atoms with Crippen molar-refractivity contribution in [3.8, 4) is 0 Å². The van der Waals surface area contributed by atoms with Gasteiger partial charge in [0.2, 0.25) is 5.91 Å². The molecule has 2 atom stereocenters.